The van der Waals surface area contributed by atoms with Crippen molar-refractivity contribution in [1.82, 2.24) is 25.4 Å². The number of hydrogen-bond acceptors (Lipinski definition) is 7. The van der Waals surface area contributed by atoms with Gasteiger partial charge in [-0.1, -0.05) is 17.3 Å². The largest absolute Gasteiger partial charge is 0.479 e. The van der Waals surface area contributed by atoms with Crippen LogP contribution in [0.15, 0.2) is 41.2 Å². The number of carbonyl (C=O) groups excluding carboxylic acids is 1. The van der Waals surface area contributed by atoms with Gasteiger partial charge in [-0.05, 0) is 25.0 Å². The van der Waals surface area contributed by atoms with Gasteiger partial charge in [0, 0.05) is 42.4 Å². The van der Waals surface area contributed by atoms with Crippen molar-refractivity contribution in [2.24, 2.45) is 0 Å². The molecule has 2 aromatic heterocycles. The van der Waals surface area contributed by atoms with Crippen LogP contribution in [0.3, 0.4) is 0 Å². The molecule has 1 aliphatic rings. The second-order valence-corrected chi connectivity index (χ2v) is 6.32. The van der Waals surface area contributed by atoms with Gasteiger partial charge in [-0.3, -0.25) is 4.79 Å². The smallest absolute Gasteiger partial charge is 0.251 e. The van der Waals surface area contributed by atoms with Crippen molar-refractivity contribution in [3.8, 4) is 17.1 Å². The van der Waals surface area contributed by atoms with E-state index in [2.05, 4.69) is 25.4 Å². The average Bonchev–Trinajstić information content (AvgIpc) is 3.46. The van der Waals surface area contributed by atoms with E-state index in [4.69, 9.17) is 9.26 Å². The highest BCUT2D eigenvalue weighted by Crippen LogP contribution is 2.38. The fraction of sp³-hybridized carbons (Fsp3) is 0.316. The zero-order chi connectivity index (χ0) is 18.6. The molecular weight excluding hydrogens is 346 g/mol. The Kier molecular flexibility index (Phi) is 4.78. The lowest BCUT2D eigenvalue weighted by molar-refractivity contribution is 0.0954. The van der Waals surface area contributed by atoms with Gasteiger partial charge in [0.15, 0.2) is 5.82 Å². The second-order valence-electron chi connectivity index (χ2n) is 6.32. The average molecular weight is 365 g/mol. The number of carbonyl (C=O) groups is 1. The fourth-order valence-corrected chi connectivity index (χ4v) is 2.74. The maximum absolute atomic E-state index is 12.5. The molecule has 0 saturated heterocycles. The van der Waals surface area contributed by atoms with E-state index in [-0.39, 0.29) is 5.91 Å². The molecule has 1 aliphatic carbocycles. The predicted molar refractivity (Wildman–Crippen MR) is 96.3 cm³/mol. The van der Waals surface area contributed by atoms with Gasteiger partial charge >= 0.3 is 0 Å². The maximum atomic E-state index is 12.5. The highest BCUT2D eigenvalue weighted by molar-refractivity contribution is 5.95. The van der Waals surface area contributed by atoms with E-state index in [0.717, 1.165) is 18.4 Å². The third-order valence-corrected chi connectivity index (χ3v) is 4.30. The van der Waals surface area contributed by atoms with E-state index < -0.39 is 0 Å². The molecule has 27 heavy (non-hydrogen) atoms. The summed E-state index contributed by atoms with van der Waals surface area (Å²) in [5, 5.41) is 6.83. The molecule has 138 valence electrons. The topological polar surface area (TPSA) is 103 Å². The molecule has 1 N–H and O–H groups in total. The van der Waals surface area contributed by atoms with Crippen molar-refractivity contribution >= 4 is 5.91 Å². The molecule has 1 saturated carbocycles. The minimum atomic E-state index is -0.175. The molecule has 1 fully saturated rings. The third-order valence-electron chi connectivity index (χ3n) is 4.30. The number of nitrogens with one attached hydrogen (secondary N) is 1. The summed E-state index contributed by atoms with van der Waals surface area (Å²) in [7, 11) is 1.54. The summed E-state index contributed by atoms with van der Waals surface area (Å²) >= 11 is 0. The van der Waals surface area contributed by atoms with Gasteiger partial charge in [-0.2, -0.15) is 4.98 Å². The van der Waals surface area contributed by atoms with Crippen molar-refractivity contribution in [2.45, 2.75) is 25.2 Å². The number of methoxy groups -OCH3 is 1. The van der Waals surface area contributed by atoms with Gasteiger partial charge in [-0.15, -0.1) is 0 Å². The Balaban J connectivity index is 1.39. The Morgan fingerprint density at radius 3 is 2.96 bits per heavy atom. The molecule has 8 heteroatoms. The summed E-state index contributed by atoms with van der Waals surface area (Å²) < 4.78 is 10.5. The maximum Gasteiger partial charge on any atom is 0.251 e. The van der Waals surface area contributed by atoms with Crippen LogP contribution in [0.1, 0.15) is 40.8 Å². The first-order chi connectivity index (χ1) is 13.2. The summed E-state index contributed by atoms with van der Waals surface area (Å²) in [6, 6.07) is 7.18. The number of ether oxygens (including phenoxy) is 1. The Bertz CT molecular complexity index is 952. The lowest BCUT2D eigenvalue weighted by Crippen LogP contribution is -2.26. The zero-order valence-corrected chi connectivity index (χ0v) is 14.9. The van der Waals surface area contributed by atoms with Crippen LogP contribution < -0.4 is 10.1 Å². The number of hydrogen-bond donors (Lipinski definition) is 1. The predicted octanol–water partition coefficient (Wildman–Crippen LogP) is 2.39. The highest BCUT2D eigenvalue weighted by Gasteiger charge is 2.29. The van der Waals surface area contributed by atoms with Crippen LogP contribution in [0.4, 0.5) is 0 Å². The van der Waals surface area contributed by atoms with Crippen LogP contribution in [-0.2, 0) is 6.42 Å². The van der Waals surface area contributed by atoms with Crippen molar-refractivity contribution in [1.29, 1.82) is 0 Å². The second kappa shape index (κ2) is 7.53. The van der Waals surface area contributed by atoms with Crippen LogP contribution in [0.5, 0.6) is 5.88 Å². The van der Waals surface area contributed by atoms with Crippen LogP contribution in [0.25, 0.3) is 11.3 Å². The molecule has 1 aromatic carbocycles. The summed E-state index contributed by atoms with van der Waals surface area (Å²) in [5.74, 6) is 2.00. The third kappa shape index (κ3) is 3.94. The van der Waals surface area contributed by atoms with Gasteiger partial charge in [0.25, 0.3) is 5.91 Å². The molecule has 0 spiro atoms. The number of benzene rings is 1. The monoisotopic (exact) mass is 365 g/mol. The SMILES string of the molecule is COc1nccnc1-c1cccc(C(=O)NCCc2noc(C3CC3)n2)c1. The highest BCUT2D eigenvalue weighted by atomic mass is 16.5. The van der Waals surface area contributed by atoms with Crippen molar-refractivity contribution < 1.29 is 14.1 Å². The van der Waals surface area contributed by atoms with Crippen LogP contribution in [0.2, 0.25) is 0 Å². The number of amides is 1. The lowest BCUT2D eigenvalue weighted by Gasteiger charge is -2.08. The van der Waals surface area contributed by atoms with Crippen LogP contribution in [0, 0.1) is 0 Å². The Labute approximate surface area is 156 Å². The zero-order valence-electron chi connectivity index (χ0n) is 14.9. The molecule has 0 unspecified atom stereocenters. The molecule has 0 bridgehead atoms. The molecule has 3 aromatic rings. The number of rotatable bonds is 7. The van der Waals surface area contributed by atoms with Crippen molar-refractivity contribution in [3.05, 3.63) is 53.9 Å². The molecule has 0 radical (unpaired) electrons. The van der Waals surface area contributed by atoms with Gasteiger partial charge in [-0.25, -0.2) is 9.97 Å². The van der Waals surface area contributed by atoms with E-state index in [1.54, 1.807) is 30.6 Å². The Hall–Kier alpha value is -3.29. The molecular formula is C19H19N5O3. The Morgan fingerprint density at radius 1 is 1.30 bits per heavy atom. The van der Waals surface area contributed by atoms with E-state index in [1.807, 2.05) is 6.07 Å². The molecule has 0 atom stereocenters. The van der Waals surface area contributed by atoms with Crippen molar-refractivity contribution in [2.75, 3.05) is 13.7 Å². The van der Waals surface area contributed by atoms with E-state index >= 15 is 0 Å². The molecule has 1 amide bonds. The quantitative estimate of drug-likeness (QED) is 0.685. The van der Waals surface area contributed by atoms with Gasteiger partial charge < -0.3 is 14.6 Å². The molecule has 2 heterocycles. The van der Waals surface area contributed by atoms with Crippen LogP contribution in [-0.4, -0.2) is 39.7 Å². The number of nitrogens with zero attached hydrogens (tertiary/aromatic N) is 4. The molecule has 8 nitrogen and oxygen atoms in total. The van der Waals surface area contributed by atoms with E-state index in [9.17, 15) is 4.79 Å². The standard InChI is InChI=1S/C19H19N5O3/c1-26-19-16(20-9-10-22-19)13-3-2-4-14(11-13)17(25)21-8-7-15-23-18(27-24-15)12-5-6-12/h2-4,9-12H,5-8H2,1H3,(H,21,25). The first kappa shape index (κ1) is 17.1. The summed E-state index contributed by atoms with van der Waals surface area (Å²) in [5.41, 5.74) is 1.89. The first-order valence-corrected chi connectivity index (χ1v) is 8.80. The summed E-state index contributed by atoms with van der Waals surface area (Å²) in [6.45, 7) is 0.432. The summed E-state index contributed by atoms with van der Waals surface area (Å²) in [4.78, 5) is 25.2. The minimum absolute atomic E-state index is 0.175. The molecule has 4 rings (SSSR count). The van der Waals surface area contributed by atoms with Gasteiger partial charge in [0.2, 0.25) is 11.8 Å². The lowest BCUT2D eigenvalue weighted by atomic mass is 10.1. The van der Waals surface area contributed by atoms with E-state index in [0.29, 0.717) is 47.7 Å². The normalized spacial score (nSPS) is 13.4. The fourth-order valence-electron chi connectivity index (χ4n) is 2.74. The van der Waals surface area contributed by atoms with Crippen molar-refractivity contribution in [3.63, 3.8) is 0 Å². The minimum Gasteiger partial charge on any atom is -0.479 e. The van der Waals surface area contributed by atoms with Gasteiger partial charge in [0.1, 0.15) is 5.69 Å². The first-order valence-electron chi connectivity index (χ1n) is 8.80. The van der Waals surface area contributed by atoms with E-state index in [1.165, 1.54) is 7.11 Å². The number of aromatic nitrogens is 4. The summed E-state index contributed by atoms with van der Waals surface area (Å²) in [6.07, 6.45) is 5.91. The Morgan fingerprint density at radius 2 is 2.15 bits per heavy atom. The van der Waals surface area contributed by atoms with Gasteiger partial charge in [0.05, 0.1) is 7.11 Å². The molecule has 0 aliphatic heterocycles. The van der Waals surface area contributed by atoms with Crippen LogP contribution >= 0.6 is 0 Å².